The Kier molecular flexibility index (Phi) is 4.80. The van der Waals surface area contributed by atoms with Crippen LogP contribution in [0.3, 0.4) is 0 Å². The number of carbonyl (C=O) groups excluding carboxylic acids is 1. The summed E-state index contributed by atoms with van der Waals surface area (Å²) in [6.45, 7) is 3.82. The van der Waals surface area contributed by atoms with Gasteiger partial charge in [0.15, 0.2) is 0 Å². The van der Waals surface area contributed by atoms with Crippen molar-refractivity contribution in [3.63, 3.8) is 0 Å². The van der Waals surface area contributed by atoms with Gasteiger partial charge in [-0.2, -0.15) is 0 Å². The van der Waals surface area contributed by atoms with Crippen LogP contribution in [0, 0.1) is 5.92 Å². The summed E-state index contributed by atoms with van der Waals surface area (Å²) in [5, 5.41) is 0.214. The van der Waals surface area contributed by atoms with Gasteiger partial charge in [-0.05, 0) is 38.2 Å². The zero-order valence-corrected chi connectivity index (χ0v) is 12.9. The molecule has 1 unspecified atom stereocenters. The number of aliphatic imine (C=N–C) groups is 2. The highest BCUT2D eigenvalue weighted by Gasteiger charge is 2.33. The first kappa shape index (κ1) is 15.3. The number of benzene rings is 1. The Bertz CT molecular complexity index is 638. The Balaban J connectivity index is 2.46. The van der Waals surface area contributed by atoms with E-state index >= 15 is 0 Å². The van der Waals surface area contributed by atoms with E-state index in [2.05, 4.69) is 9.98 Å². The molecule has 1 aromatic rings. The lowest BCUT2D eigenvalue weighted by Crippen LogP contribution is -2.36. The van der Waals surface area contributed by atoms with Crippen LogP contribution in [0.15, 0.2) is 34.3 Å². The number of ether oxygens (including phenoxy) is 2. The molecule has 0 spiro atoms. The van der Waals surface area contributed by atoms with Crippen molar-refractivity contribution < 1.29 is 14.3 Å². The third-order valence-corrected chi connectivity index (χ3v) is 3.25. The summed E-state index contributed by atoms with van der Waals surface area (Å²) in [7, 11) is 1.59. The first-order chi connectivity index (χ1) is 10.1. The van der Waals surface area contributed by atoms with Crippen molar-refractivity contribution in [3.8, 4) is 5.75 Å². The van der Waals surface area contributed by atoms with E-state index in [1.165, 1.54) is 0 Å². The Morgan fingerprint density at radius 2 is 2.14 bits per heavy atom. The molecule has 0 bridgehead atoms. The maximum Gasteiger partial charge on any atom is 0.320 e. The molecule has 0 saturated heterocycles. The minimum Gasteiger partial charge on any atom is -0.497 e. The smallest absolute Gasteiger partial charge is 0.320 e. The van der Waals surface area contributed by atoms with Crippen LogP contribution in [0.5, 0.6) is 5.75 Å². The number of esters is 1. The number of hydrogen-bond donors (Lipinski definition) is 0. The fourth-order valence-electron chi connectivity index (χ4n) is 2.13. The molecular formula is C15H16N2O3S. The summed E-state index contributed by atoms with van der Waals surface area (Å²) in [6, 6.07) is 7.33. The Hall–Kier alpha value is -2.08. The topological polar surface area (TPSA) is 60.2 Å². The molecule has 1 aliphatic heterocycles. The second-order valence-corrected chi connectivity index (χ2v) is 4.81. The molecule has 2 rings (SSSR count). The van der Waals surface area contributed by atoms with Crippen LogP contribution in [0.4, 0.5) is 0 Å². The molecule has 1 aromatic carbocycles. The quantitative estimate of drug-likeness (QED) is 0.633. The minimum atomic E-state index is -0.635. The minimum absolute atomic E-state index is 0.214. The number of nitrogens with zero attached hydrogens (tertiary/aromatic N) is 2. The summed E-state index contributed by atoms with van der Waals surface area (Å²) >= 11 is 5.07. The van der Waals surface area contributed by atoms with Gasteiger partial charge in [0.25, 0.3) is 0 Å². The maximum absolute atomic E-state index is 12.2. The summed E-state index contributed by atoms with van der Waals surface area (Å²) in [5.41, 5.74) is 1.90. The molecule has 1 heterocycles. The van der Waals surface area contributed by atoms with E-state index in [4.69, 9.17) is 21.7 Å². The van der Waals surface area contributed by atoms with Crippen molar-refractivity contribution in [2.45, 2.75) is 13.8 Å². The highest BCUT2D eigenvalue weighted by Crippen LogP contribution is 2.22. The van der Waals surface area contributed by atoms with Gasteiger partial charge in [-0.15, -0.1) is 0 Å². The van der Waals surface area contributed by atoms with Gasteiger partial charge in [-0.1, -0.05) is 12.1 Å². The lowest BCUT2D eigenvalue weighted by molar-refractivity contribution is -0.143. The molecule has 6 heteroatoms. The van der Waals surface area contributed by atoms with Crippen LogP contribution in [0.1, 0.15) is 19.4 Å². The van der Waals surface area contributed by atoms with Crippen molar-refractivity contribution in [2.24, 2.45) is 15.9 Å². The molecule has 110 valence electrons. The Labute approximate surface area is 128 Å². The summed E-state index contributed by atoms with van der Waals surface area (Å²) in [4.78, 5) is 20.6. The molecule has 0 aromatic heterocycles. The molecule has 1 atom stereocenters. The predicted molar refractivity (Wildman–Crippen MR) is 85.4 cm³/mol. The number of carbonyl (C=O) groups is 1. The van der Waals surface area contributed by atoms with Crippen LogP contribution < -0.4 is 4.74 Å². The Morgan fingerprint density at radius 3 is 2.81 bits per heavy atom. The van der Waals surface area contributed by atoms with E-state index in [9.17, 15) is 4.79 Å². The lowest BCUT2D eigenvalue weighted by atomic mass is 9.91. The lowest BCUT2D eigenvalue weighted by Gasteiger charge is -2.21. The van der Waals surface area contributed by atoms with Crippen molar-refractivity contribution >= 4 is 34.7 Å². The van der Waals surface area contributed by atoms with E-state index in [1.54, 1.807) is 21.0 Å². The van der Waals surface area contributed by atoms with E-state index in [0.717, 1.165) is 5.56 Å². The van der Waals surface area contributed by atoms with Gasteiger partial charge in [-0.25, -0.2) is 9.98 Å². The van der Waals surface area contributed by atoms with Gasteiger partial charge < -0.3 is 9.47 Å². The van der Waals surface area contributed by atoms with Crippen LogP contribution in [-0.2, 0) is 9.53 Å². The molecule has 0 saturated carbocycles. The largest absolute Gasteiger partial charge is 0.497 e. The molecule has 1 aliphatic rings. The second-order valence-electron chi connectivity index (χ2n) is 4.45. The summed E-state index contributed by atoms with van der Waals surface area (Å²) in [5.74, 6) is -0.324. The standard InChI is InChI=1S/C15H16N2O3S/c1-4-20-14(18)12-9(2)16-15(21)17-13(12)10-6-5-7-11(8-10)19-3/h5-8,12H,4H2,1-3H3. The van der Waals surface area contributed by atoms with Gasteiger partial charge in [0.2, 0.25) is 5.11 Å². The number of rotatable bonds is 4. The average Bonchev–Trinajstić information content (AvgIpc) is 2.46. The molecule has 0 N–H and O–H groups in total. The summed E-state index contributed by atoms with van der Waals surface area (Å²) in [6.07, 6.45) is 0. The highest BCUT2D eigenvalue weighted by molar-refractivity contribution is 7.80. The highest BCUT2D eigenvalue weighted by atomic mass is 32.1. The molecule has 0 aliphatic carbocycles. The SMILES string of the molecule is CCOC(=O)C1C(C)=NC(=S)N=C1c1cccc(OC)c1. The van der Waals surface area contributed by atoms with Gasteiger partial charge in [0, 0.05) is 11.3 Å². The second kappa shape index (κ2) is 6.58. The fraction of sp³-hybridized carbons (Fsp3) is 0.333. The normalized spacial score (nSPS) is 17.9. The van der Waals surface area contributed by atoms with Crippen molar-refractivity contribution in [3.05, 3.63) is 29.8 Å². The first-order valence-electron chi connectivity index (χ1n) is 6.55. The maximum atomic E-state index is 12.2. The molecule has 0 radical (unpaired) electrons. The van der Waals surface area contributed by atoms with Crippen molar-refractivity contribution in [2.75, 3.05) is 13.7 Å². The monoisotopic (exact) mass is 304 g/mol. The molecule has 5 nitrogen and oxygen atoms in total. The number of hydrogen-bond acceptors (Lipinski definition) is 4. The number of methoxy groups -OCH3 is 1. The number of thiocarbonyl (C=S) groups is 1. The summed E-state index contributed by atoms with van der Waals surface area (Å²) < 4.78 is 10.3. The third kappa shape index (κ3) is 3.33. The van der Waals surface area contributed by atoms with Gasteiger partial charge in [-0.3, -0.25) is 4.79 Å². The zero-order valence-electron chi connectivity index (χ0n) is 12.1. The van der Waals surface area contributed by atoms with Gasteiger partial charge in [0.05, 0.1) is 19.4 Å². The van der Waals surface area contributed by atoms with Gasteiger partial charge in [0.1, 0.15) is 11.7 Å². The van der Waals surface area contributed by atoms with Gasteiger partial charge >= 0.3 is 5.97 Å². The molecule has 21 heavy (non-hydrogen) atoms. The van der Waals surface area contributed by atoms with E-state index in [1.807, 2.05) is 24.3 Å². The van der Waals surface area contributed by atoms with E-state index in [-0.39, 0.29) is 11.1 Å². The van der Waals surface area contributed by atoms with Crippen molar-refractivity contribution in [1.82, 2.24) is 0 Å². The average molecular weight is 304 g/mol. The van der Waals surface area contributed by atoms with Crippen LogP contribution in [0.25, 0.3) is 0 Å². The van der Waals surface area contributed by atoms with Crippen LogP contribution in [0.2, 0.25) is 0 Å². The molecule has 0 fully saturated rings. The Morgan fingerprint density at radius 1 is 1.38 bits per heavy atom. The van der Waals surface area contributed by atoms with E-state index in [0.29, 0.717) is 23.8 Å². The van der Waals surface area contributed by atoms with E-state index < -0.39 is 5.92 Å². The van der Waals surface area contributed by atoms with Crippen molar-refractivity contribution in [1.29, 1.82) is 0 Å². The predicted octanol–water partition coefficient (Wildman–Crippen LogP) is 2.42. The third-order valence-electron chi connectivity index (χ3n) is 3.07. The van der Waals surface area contributed by atoms with Crippen LogP contribution in [-0.4, -0.2) is 36.2 Å². The molecular weight excluding hydrogens is 288 g/mol. The van der Waals surface area contributed by atoms with Crippen LogP contribution >= 0.6 is 12.2 Å². The first-order valence-corrected chi connectivity index (χ1v) is 6.96. The molecule has 0 amide bonds. The zero-order chi connectivity index (χ0) is 15.4. The fourth-order valence-corrected chi connectivity index (χ4v) is 2.37.